The van der Waals surface area contributed by atoms with E-state index in [1.165, 1.54) is 0 Å². The Bertz CT molecular complexity index is 1480. The molecule has 0 aliphatic heterocycles. The third-order valence-electron chi connectivity index (χ3n) is 12.5. The van der Waals surface area contributed by atoms with E-state index in [2.05, 4.69) is 42.7 Å². The number of carbonyl (C=O) groups excluding carboxylic acids is 2. The number of nitrogens with zero attached hydrogens (tertiary/aromatic N) is 3. The van der Waals surface area contributed by atoms with Crippen molar-refractivity contribution >= 4 is 11.6 Å². The molecule has 1 aromatic rings. The number of Topliss-reactive ketones (excluding diaryl/α,β-unsaturated/α-hetero) is 1. The van der Waals surface area contributed by atoms with Crippen molar-refractivity contribution in [3.8, 4) is 0 Å². The normalized spacial score (nSPS) is 51.1. The highest BCUT2D eigenvalue weighted by molar-refractivity contribution is 6.05. The number of aliphatic hydroxyl groups is 1. The maximum absolute atomic E-state index is 14.5. The highest BCUT2D eigenvalue weighted by atomic mass is 16.4. The van der Waals surface area contributed by atoms with Gasteiger partial charge in [-0.15, -0.1) is 10.2 Å². The molecule has 5 aliphatic rings. The topological polar surface area (TPSA) is 97.7 Å². The number of hydrogen-bond acceptors (Lipinski definition) is 6. The van der Waals surface area contributed by atoms with Crippen LogP contribution in [0, 0.1) is 52.9 Å². The molecule has 0 unspecified atom stereocenters. The zero-order valence-electron chi connectivity index (χ0n) is 68.4. The van der Waals surface area contributed by atoms with Gasteiger partial charge in [0.1, 0.15) is 5.60 Å². The lowest BCUT2D eigenvalue weighted by atomic mass is 9.34. The lowest BCUT2D eigenvalue weighted by Crippen LogP contribution is -2.66. The molecule has 7 nitrogen and oxygen atoms in total. The van der Waals surface area contributed by atoms with Gasteiger partial charge in [-0.1, -0.05) is 46.3 Å². The maximum Gasteiger partial charge on any atom is 0.229 e. The molecule has 1 aromatic heterocycles. The monoisotopic (exact) mass is 664 g/mol. The number of rotatable bonds is 1. The molecule has 3 fully saturated rings. The molecular weight excluding hydrogens is 490 g/mol. The van der Waals surface area contributed by atoms with E-state index in [1.54, 1.807) is 13.0 Å². The highest BCUT2D eigenvalue weighted by Gasteiger charge is 2.71. The Morgan fingerprint density at radius 3 is 2.41 bits per heavy atom. The summed E-state index contributed by atoms with van der Waals surface area (Å²) in [5.41, 5.74) is -2.28. The number of aryl methyl sites for hydroxylation is 1. The van der Waals surface area contributed by atoms with Gasteiger partial charge in [-0.05, 0) is 80.1 Å². The Kier molecular flexibility index (Phi) is 2.27. The molecular formula is C32H85N3O4. The van der Waals surface area contributed by atoms with E-state index in [4.69, 9.17) is 76.3 Å². The van der Waals surface area contributed by atoms with Crippen molar-refractivity contribution in [2.24, 2.45) is 39.4 Å². The molecule has 0 aromatic carbocycles. The molecule has 0 radical (unpaired) electrons. The van der Waals surface area contributed by atoms with Crippen LogP contribution < -0.4 is 0 Å². The van der Waals surface area contributed by atoms with Gasteiger partial charge in [0.2, 0.25) is 17.5 Å². The predicted molar refractivity (Wildman–Crippen MR) is 192 cm³/mol. The molecule has 1 heterocycles. The van der Waals surface area contributed by atoms with Gasteiger partial charge < -0.3 is 14.3 Å². The van der Waals surface area contributed by atoms with Crippen molar-refractivity contribution in [2.75, 3.05) is 0 Å². The largest absolute Gasteiger partial charge is 0.425 e. The highest BCUT2D eigenvalue weighted by Crippen LogP contribution is 2.74. The number of ketones is 2. The van der Waals surface area contributed by atoms with E-state index in [1.807, 2.05) is 19.9 Å². The van der Waals surface area contributed by atoms with Crippen molar-refractivity contribution in [1.82, 2.24) is 10.2 Å². The summed E-state index contributed by atoms with van der Waals surface area (Å²) in [6.07, 6.45) is 9.71. The van der Waals surface area contributed by atoms with E-state index in [0.717, 1.165) is 44.1 Å². The SMILES string of the molecule is [3H][3H].[3H][3H].[3H][3H].[3H][3H].[3H][3H].[3H][3H].[3H][3H].[3H][3H].[3H][3H].[3H][3H].[3H][3H].[3H][3H].[3H][3H].[3H][3H].[3H][3H].[3H][3H].[3H][3H].[3H][3H].[3H][3H].[3H][3H].[3H][3H].[3H][3H].[C-]#[N+]C1=C[C@]2(C)C3=CC(=O)[C@@H]4[C@@H]5CC(C)(C)CC[C@]5(c5nnc(C)o5)CC[C@@]4(C)[C@]3(C)CC[C@H]2[C@](C)(O)C1=O. The van der Waals surface area contributed by atoms with Crippen molar-refractivity contribution in [2.45, 2.75) is 104 Å². The first-order valence-electron chi connectivity index (χ1n) is 36.5. The third kappa shape index (κ3) is 3.18. The van der Waals surface area contributed by atoms with Crippen LogP contribution in [-0.4, -0.2) is 32.5 Å². The average Bonchev–Trinajstić information content (AvgIpc) is 4.05. The van der Waals surface area contributed by atoms with Crippen molar-refractivity contribution in [3.05, 3.63) is 46.6 Å². The number of aromatic nitrogens is 2. The van der Waals surface area contributed by atoms with Crippen molar-refractivity contribution < 1.29 is 84.4 Å². The number of hydrogen-bond donors (Lipinski definition) is 1. The predicted octanol–water partition coefficient (Wildman–Crippen LogP) is 11.3. The van der Waals surface area contributed by atoms with E-state index in [9.17, 15) is 14.7 Å². The fourth-order valence-corrected chi connectivity index (χ4v) is 10.2. The fourth-order valence-electron chi connectivity index (χ4n) is 10.2. The van der Waals surface area contributed by atoms with Gasteiger partial charge in [0.25, 0.3) is 0 Å². The molecule has 8 atom stereocenters. The molecule has 0 amide bonds. The first-order valence-corrected chi connectivity index (χ1v) is 14.5. The Morgan fingerprint density at radius 1 is 1.08 bits per heavy atom. The van der Waals surface area contributed by atoms with E-state index in [-0.39, 0.29) is 50.9 Å². The molecule has 252 valence electrons. The first kappa shape index (κ1) is 11.4. The van der Waals surface area contributed by atoms with Crippen LogP contribution in [0.3, 0.4) is 0 Å². The molecule has 0 spiro atoms. The van der Waals surface area contributed by atoms with Gasteiger partial charge in [-0.3, -0.25) is 4.79 Å². The van der Waals surface area contributed by atoms with Gasteiger partial charge in [0, 0.05) is 89.5 Å². The van der Waals surface area contributed by atoms with Gasteiger partial charge in [-0.2, -0.15) is 0 Å². The zero-order valence-corrected chi connectivity index (χ0v) is 24.4. The summed E-state index contributed by atoms with van der Waals surface area (Å²) < 4.78 is 226. The van der Waals surface area contributed by atoms with Crippen LogP contribution >= 0.6 is 0 Å². The quantitative estimate of drug-likeness (QED) is 0.300. The Hall–Kier alpha value is -2.59. The minimum Gasteiger partial charge on any atom is -0.425 e. The summed E-state index contributed by atoms with van der Waals surface area (Å²) in [5.74, 6) is 0.388. The Labute approximate surface area is 299 Å². The molecule has 39 heavy (non-hydrogen) atoms. The third-order valence-corrected chi connectivity index (χ3v) is 12.5. The summed E-state index contributed by atoms with van der Waals surface area (Å²) in [7, 11) is 0. The van der Waals surface area contributed by atoms with Crippen LogP contribution in [0.2, 0.25) is 0 Å². The molecule has 7 heteroatoms. The molecule has 6 rings (SSSR count). The molecule has 1 N–H and O–H groups in total. The average molecular weight is 664 g/mol. The zero-order chi connectivity index (χ0) is 72.4. The second kappa shape index (κ2) is 7.78. The van der Waals surface area contributed by atoms with Gasteiger partial charge in [0.05, 0.1) is 12.0 Å². The number of carbonyl (C=O) groups is 2. The van der Waals surface area contributed by atoms with E-state index in [0.29, 0.717) is 18.2 Å². The van der Waals surface area contributed by atoms with Gasteiger partial charge in [-0.25, -0.2) is 4.85 Å². The minimum atomic E-state index is -1.64. The lowest BCUT2D eigenvalue weighted by molar-refractivity contribution is -0.167. The van der Waals surface area contributed by atoms with Crippen molar-refractivity contribution in [3.63, 3.8) is 0 Å². The minimum absolute atomic E-state index is 0.0212. The number of fused-ring (bicyclic) bond motifs is 7. The smallest absolute Gasteiger partial charge is 0.229 e. The van der Waals surface area contributed by atoms with Gasteiger partial charge in [0.15, 0.2) is 11.6 Å². The second-order valence-electron chi connectivity index (χ2n) is 14.9. The maximum atomic E-state index is 14.5. The van der Waals surface area contributed by atoms with Crippen LogP contribution in [-0.2, 0) is 15.0 Å². The first-order chi connectivity index (χ1) is 40.1. The standard InChI is InChI=1S/C32H41N3O4.22H2/c1-18-34-35-26(39-18)32-13-11-27(2,3)16-19(32)24-21(36)15-23-28(4)17-20(33-8)25(37)31(7,38)22(28)9-10-29(23,5)30(24,6)12-14-32;;;;;;;;;;;;;;;;;;;;;;/h15,17,19,22,24,38H,9-14,16H2,1-7H3;22*1H/t19-,22+,24-,28-,29+,30+,31-,32-;;;;;;;;;;;;;;;;;;;;;;/m0....................../s1/i;22*1+2T. The summed E-state index contributed by atoms with van der Waals surface area (Å²) in [6.45, 7) is 22.3. The van der Waals surface area contributed by atoms with E-state index < -0.39 is 16.8 Å². The van der Waals surface area contributed by atoms with Crippen LogP contribution in [0.15, 0.2) is 27.8 Å². The summed E-state index contributed by atoms with van der Waals surface area (Å²) in [4.78, 5) is 31.1. The molecule has 0 bridgehead atoms. The van der Waals surface area contributed by atoms with Gasteiger partial charge >= 0.3 is 0 Å². The molecule has 5 aliphatic carbocycles. The number of allylic oxidation sites excluding steroid dienone is 3. The van der Waals surface area contributed by atoms with Crippen LogP contribution in [0.1, 0.15) is 164 Å². The summed E-state index contributed by atoms with van der Waals surface area (Å²) in [5, 5.41) is 20.2. The van der Waals surface area contributed by atoms with E-state index >= 15 is 0 Å². The van der Waals surface area contributed by atoms with Crippen LogP contribution in [0.4, 0.5) is 0 Å². The van der Waals surface area contributed by atoms with Crippen LogP contribution in [0.25, 0.3) is 4.85 Å². The summed E-state index contributed by atoms with van der Waals surface area (Å²) >= 11 is 0. The molecule has 0 saturated heterocycles. The molecule has 3 saturated carbocycles. The Morgan fingerprint density at radius 2 is 1.77 bits per heavy atom. The Balaban J connectivity index is -0.0000000560. The van der Waals surface area contributed by atoms with Crippen molar-refractivity contribution in [1.29, 1.82) is 0 Å². The second-order valence-corrected chi connectivity index (χ2v) is 14.9. The fraction of sp³-hybridized carbons (Fsp3) is 0.719. The summed E-state index contributed by atoms with van der Waals surface area (Å²) in [6, 6.07) is 0. The lowest BCUT2D eigenvalue weighted by Gasteiger charge is -2.68. The van der Waals surface area contributed by atoms with Crippen LogP contribution in [0.5, 0.6) is 0 Å².